The van der Waals surface area contributed by atoms with Crippen molar-refractivity contribution in [2.24, 2.45) is 5.92 Å². The Bertz CT molecular complexity index is 578. The second-order valence-corrected chi connectivity index (χ2v) is 6.69. The van der Waals surface area contributed by atoms with E-state index < -0.39 is 0 Å². The van der Waals surface area contributed by atoms with E-state index in [1.807, 2.05) is 21.9 Å². The van der Waals surface area contributed by atoms with E-state index in [1.54, 1.807) is 12.4 Å². The number of hydrogen-bond donors (Lipinski definition) is 1. The summed E-state index contributed by atoms with van der Waals surface area (Å²) in [6, 6.07) is 3.98. The highest BCUT2D eigenvalue weighted by atomic mass is 16.3. The summed E-state index contributed by atoms with van der Waals surface area (Å²) < 4.78 is 0. The number of pyridine rings is 1. The lowest BCUT2D eigenvalue weighted by Crippen LogP contribution is -2.57. The SMILES string of the molecule is O=C(Cc1ccncc1)N1CC[C@@H]2[C@@H](CCC(=O)N2CCCO)C1. The van der Waals surface area contributed by atoms with Crippen LogP contribution in [0.15, 0.2) is 24.5 Å². The molecule has 1 N–H and O–H groups in total. The molecule has 2 amide bonds. The third-order valence-corrected chi connectivity index (χ3v) is 5.16. The second-order valence-electron chi connectivity index (χ2n) is 6.69. The lowest BCUT2D eigenvalue weighted by molar-refractivity contribution is -0.144. The molecule has 3 heterocycles. The molecule has 0 unspecified atom stereocenters. The summed E-state index contributed by atoms with van der Waals surface area (Å²) in [6.45, 7) is 2.17. The van der Waals surface area contributed by atoms with Gasteiger partial charge in [0.1, 0.15) is 0 Å². The van der Waals surface area contributed by atoms with Gasteiger partial charge < -0.3 is 14.9 Å². The highest BCUT2D eigenvalue weighted by Crippen LogP contribution is 2.31. The number of aliphatic hydroxyl groups excluding tert-OH is 1. The molecule has 0 aliphatic carbocycles. The van der Waals surface area contributed by atoms with E-state index in [0.29, 0.717) is 38.3 Å². The van der Waals surface area contributed by atoms with Crippen LogP contribution in [0, 0.1) is 5.92 Å². The van der Waals surface area contributed by atoms with E-state index in [1.165, 1.54) is 0 Å². The summed E-state index contributed by atoms with van der Waals surface area (Å²) >= 11 is 0. The average molecular weight is 331 g/mol. The van der Waals surface area contributed by atoms with Crippen molar-refractivity contribution in [2.45, 2.75) is 38.1 Å². The Balaban J connectivity index is 1.60. The predicted molar refractivity (Wildman–Crippen MR) is 89.1 cm³/mol. The number of carbonyl (C=O) groups is 2. The van der Waals surface area contributed by atoms with Crippen LogP contribution in [0.25, 0.3) is 0 Å². The number of fused-ring (bicyclic) bond motifs is 1. The number of aromatic nitrogens is 1. The van der Waals surface area contributed by atoms with Gasteiger partial charge in [-0.1, -0.05) is 0 Å². The molecule has 0 bridgehead atoms. The van der Waals surface area contributed by atoms with Crippen LogP contribution in [-0.2, 0) is 16.0 Å². The normalized spacial score (nSPS) is 24.0. The minimum Gasteiger partial charge on any atom is -0.396 e. The maximum absolute atomic E-state index is 12.6. The topological polar surface area (TPSA) is 73.7 Å². The highest BCUT2D eigenvalue weighted by Gasteiger charge is 2.39. The summed E-state index contributed by atoms with van der Waals surface area (Å²) in [5.74, 6) is 0.705. The van der Waals surface area contributed by atoms with E-state index >= 15 is 0 Å². The van der Waals surface area contributed by atoms with Crippen molar-refractivity contribution in [3.8, 4) is 0 Å². The average Bonchev–Trinajstić information content (AvgIpc) is 2.61. The summed E-state index contributed by atoms with van der Waals surface area (Å²) in [7, 11) is 0. The van der Waals surface area contributed by atoms with Crippen molar-refractivity contribution < 1.29 is 14.7 Å². The van der Waals surface area contributed by atoms with E-state index in [9.17, 15) is 9.59 Å². The molecule has 6 heteroatoms. The van der Waals surface area contributed by atoms with Crippen LogP contribution in [0.5, 0.6) is 0 Å². The summed E-state index contributed by atoms with van der Waals surface area (Å²) in [5, 5.41) is 9.04. The Morgan fingerprint density at radius 1 is 1.29 bits per heavy atom. The van der Waals surface area contributed by atoms with Gasteiger partial charge in [-0.3, -0.25) is 14.6 Å². The van der Waals surface area contributed by atoms with Crippen molar-refractivity contribution in [1.82, 2.24) is 14.8 Å². The highest BCUT2D eigenvalue weighted by molar-refractivity contribution is 5.79. The van der Waals surface area contributed by atoms with Crippen LogP contribution < -0.4 is 0 Å². The van der Waals surface area contributed by atoms with Crippen LogP contribution in [0.1, 0.15) is 31.2 Å². The van der Waals surface area contributed by atoms with Crippen molar-refractivity contribution >= 4 is 11.8 Å². The molecular weight excluding hydrogens is 306 g/mol. The standard InChI is InChI=1S/C18H25N3O3/c22-11-1-9-21-16-6-10-20(13-15(16)2-3-17(21)23)18(24)12-14-4-7-19-8-5-14/h4-5,7-8,15-16,22H,1-3,6,9-13H2/t15-,16+/m0/s1. The van der Waals surface area contributed by atoms with Gasteiger partial charge in [-0.15, -0.1) is 0 Å². The third-order valence-electron chi connectivity index (χ3n) is 5.16. The number of piperidine rings is 2. The number of hydrogen-bond acceptors (Lipinski definition) is 4. The molecule has 1 aromatic rings. The van der Waals surface area contributed by atoms with Crippen LogP contribution >= 0.6 is 0 Å². The third kappa shape index (κ3) is 3.75. The quantitative estimate of drug-likeness (QED) is 0.868. The molecule has 2 fully saturated rings. The van der Waals surface area contributed by atoms with E-state index in [0.717, 1.165) is 24.9 Å². The molecule has 130 valence electrons. The Kier molecular flexibility index (Phi) is 5.45. The fourth-order valence-electron chi connectivity index (χ4n) is 3.90. The summed E-state index contributed by atoms with van der Waals surface area (Å²) in [5.41, 5.74) is 0.987. The second kappa shape index (κ2) is 7.75. The van der Waals surface area contributed by atoms with Gasteiger partial charge in [-0.25, -0.2) is 0 Å². The van der Waals surface area contributed by atoms with Gasteiger partial charge in [0.2, 0.25) is 11.8 Å². The minimum absolute atomic E-state index is 0.109. The first kappa shape index (κ1) is 16.9. The maximum atomic E-state index is 12.6. The zero-order valence-electron chi connectivity index (χ0n) is 13.9. The number of carbonyl (C=O) groups excluding carboxylic acids is 2. The molecule has 0 radical (unpaired) electrons. The van der Waals surface area contributed by atoms with Gasteiger partial charge in [-0.2, -0.15) is 0 Å². The Morgan fingerprint density at radius 2 is 2.08 bits per heavy atom. The van der Waals surface area contributed by atoms with Crippen molar-refractivity contribution in [3.05, 3.63) is 30.1 Å². The molecule has 2 atom stereocenters. The molecule has 1 aromatic heterocycles. The molecule has 2 aliphatic rings. The van der Waals surface area contributed by atoms with E-state index in [2.05, 4.69) is 4.98 Å². The lowest BCUT2D eigenvalue weighted by Gasteiger charge is -2.47. The first-order valence-corrected chi connectivity index (χ1v) is 8.76. The predicted octanol–water partition coefficient (Wildman–Crippen LogP) is 0.846. The number of likely N-dealkylation sites (tertiary alicyclic amines) is 2. The molecule has 24 heavy (non-hydrogen) atoms. The lowest BCUT2D eigenvalue weighted by atomic mass is 9.83. The molecule has 0 spiro atoms. The maximum Gasteiger partial charge on any atom is 0.227 e. The fourth-order valence-corrected chi connectivity index (χ4v) is 3.90. The fraction of sp³-hybridized carbons (Fsp3) is 0.611. The zero-order chi connectivity index (χ0) is 16.9. The Morgan fingerprint density at radius 3 is 2.83 bits per heavy atom. The Hall–Kier alpha value is -1.95. The number of aliphatic hydroxyl groups is 1. The smallest absolute Gasteiger partial charge is 0.227 e. The molecule has 3 rings (SSSR count). The van der Waals surface area contributed by atoms with Crippen molar-refractivity contribution in [1.29, 1.82) is 0 Å². The molecule has 6 nitrogen and oxygen atoms in total. The van der Waals surface area contributed by atoms with E-state index in [-0.39, 0.29) is 24.5 Å². The number of amides is 2. The molecule has 2 saturated heterocycles. The van der Waals surface area contributed by atoms with Crippen LogP contribution in [0.2, 0.25) is 0 Å². The van der Waals surface area contributed by atoms with Crippen LogP contribution in [0.4, 0.5) is 0 Å². The van der Waals surface area contributed by atoms with Gasteiger partial charge in [-0.05, 0) is 42.9 Å². The molecular formula is C18H25N3O3. The van der Waals surface area contributed by atoms with Crippen molar-refractivity contribution in [3.63, 3.8) is 0 Å². The minimum atomic E-state index is 0.109. The van der Waals surface area contributed by atoms with Gasteiger partial charge in [0.15, 0.2) is 0 Å². The van der Waals surface area contributed by atoms with Gasteiger partial charge in [0.25, 0.3) is 0 Å². The zero-order valence-corrected chi connectivity index (χ0v) is 13.9. The van der Waals surface area contributed by atoms with Gasteiger partial charge >= 0.3 is 0 Å². The van der Waals surface area contributed by atoms with Gasteiger partial charge in [0, 0.05) is 51.1 Å². The largest absolute Gasteiger partial charge is 0.396 e. The van der Waals surface area contributed by atoms with Crippen LogP contribution in [-0.4, -0.2) is 64.0 Å². The van der Waals surface area contributed by atoms with Gasteiger partial charge in [0.05, 0.1) is 6.42 Å². The monoisotopic (exact) mass is 331 g/mol. The summed E-state index contributed by atoms with van der Waals surface area (Å²) in [6.07, 6.45) is 6.70. The molecule has 0 aromatic carbocycles. The number of rotatable bonds is 5. The Labute approximate surface area is 142 Å². The van der Waals surface area contributed by atoms with Crippen LogP contribution in [0.3, 0.4) is 0 Å². The molecule has 2 aliphatic heterocycles. The first-order chi connectivity index (χ1) is 11.7. The number of nitrogens with zero attached hydrogens (tertiary/aromatic N) is 3. The van der Waals surface area contributed by atoms with E-state index in [4.69, 9.17) is 5.11 Å². The van der Waals surface area contributed by atoms with Crippen molar-refractivity contribution in [2.75, 3.05) is 26.2 Å². The first-order valence-electron chi connectivity index (χ1n) is 8.76. The molecule has 0 saturated carbocycles. The summed E-state index contributed by atoms with van der Waals surface area (Å²) in [4.78, 5) is 32.6.